The van der Waals surface area contributed by atoms with Crippen molar-refractivity contribution >= 4 is 12.0 Å². The van der Waals surface area contributed by atoms with Gasteiger partial charge in [0.25, 0.3) is 0 Å². The normalized spacial score (nSPS) is 20.8. The third-order valence-corrected chi connectivity index (χ3v) is 4.22. The van der Waals surface area contributed by atoms with Crippen LogP contribution < -0.4 is 10.6 Å². The van der Waals surface area contributed by atoms with Gasteiger partial charge in [0.2, 0.25) is 5.91 Å². The van der Waals surface area contributed by atoms with E-state index in [-0.39, 0.29) is 23.3 Å². The number of hydrogen-bond acceptors (Lipinski definition) is 4. The van der Waals surface area contributed by atoms with E-state index in [1.54, 1.807) is 4.90 Å². The van der Waals surface area contributed by atoms with Gasteiger partial charge in [-0.15, -0.1) is 0 Å². The van der Waals surface area contributed by atoms with Crippen LogP contribution in [-0.2, 0) is 9.53 Å². The molecule has 0 aromatic heterocycles. The van der Waals surface area contributed by atoms with E-state index in [0.717, 1.165) is 13.0 Å². The summed E-state index contributed by atoms with van der Waals surface area (Å²) in [6, 6.07) is 0.312. The Labute approximate surface area is 146 Å². The minimum atomic E-state index is -0.467. The van der Waals surface area contributed by atoms with Crippen molar-refractivity contribution < 1.29 is 14.3 Å². The summed E-state index contributed by atoms with van der Waals surface area (Å²) in [5.74, 6) is 0.0920. The smallest absolute Gasteiger partial charge is 0.410 e. The minimum Gasteiger partial charge on any atom is -0.444 e. The van der Waals surface area contributed by atoms with Crippen molar-refractivity contribution in [2.24, 2.45) is 11.3 Å². The standard InChI is InChI=1S/C18H35N3O3/c1-13(2)15(22)20-10-9-19-14-8-11-21(12-18(14,6)7)16(23)24-17(3,4)5/h13-14,19H,8-12H2,1-7H3,(H,20,22). The molecule has 1 aliphatic heterocycles. The first-order chi connectivity index (χ1) is 10.9. The predicted octanol–water partition coefficient (Wildman–Crippen LogP) is 2.38. The maximum atomic E-state index is 12.2. The molecular weight excluding hydrogens is 306 g/mol. The van der Waals surface area contributed by atoms with E-state index in [1.165, 1.54) is 0 Å². The summed E-state index contributed by atoms with van der Waals surface area (Å²) in [5.41, 5.74) is -0.512. The lowest BCUT2D eigenvalue weighted by Crippen LogP contribution is -2.57. The molecule has 0 aromatic rings. The monoisotopic (exact) mass is 341 g/mol. The van der Waals surface area contributed by atoms with E-state index in [1.807, 2.05) is 34.6 Å². The van der Waals surface area contributed by atoms with Gasteiger partial charge in [0.15, 0.2) is 0 Å². The van der Waals surface area contributed by atoms with Crippen molar-refractivity contribution in [3.05, 3.63) is 0 Å². The molecule has 6 heteroatoms. The molecule has 0 aliphatic carbocycles. The number of amides is 2. The van der Waals surface area contributed by atoms with Gasteiger partial charge < -0.3 is 20.3 Å². The SMILES string of the molecule is CC(C)C(=O)NCCNC1CCN(C(=O)OC(C)(C)C)CC1(C)C. The molecule has 1 heterocycles. The molecule has 1 aliphatic rings. The van der Waals surface area contributed by atoms with Crippen LogP contribution in [0.3, 0.4) is 0 Å². The molecule has 6 nitrogen and oxygen atoms in total. The summed E-state index contributed by atoms with van der Waals surface area (Å²) in [7, 11) is 0. The lowest BCUT2D eigenvalue weighted by atomic mass is 9.79. The van der Waals surface area contributed by atoms with Gasteiger partial charge in [-0.1, -0.05) is 27.7 Å². The Morgan fingerprint density at radius 3 is 2.38 bits per heavy atom. The van der Waals surface area contributed by atoms with Crippen LogP contribution in [0.1, 0.15) is 54.9 Å². The molecule has 2 N–H and O–H groups in total. The van der Waals surface area contributed by atoms with Crippen molar-refractivity contribution in [2.75, 3.05) is 26.2 Å². The molecule has 1 fully saturated rings. The molecule has 1 saturated heterocycles. The van der Waals surface area contributed by atoms with Crippen molar-refractivity contribution in [3.63, 3.8) is 0 Å². The summed E-state index contributed by atoms with van der Waals surface area (Å²) >= 11 is 0. The van der Waals surface area contributed by atoms with Crippen molar-refractivity contribution in [2.45, 2.75) is 66.5 Å². The maximum absolute atomic E-state index is 12.2. The summed E-state index contributed by atoms with van der Waals surface area (Å²) in [5, 5.41) is 6.44. The zero-order chi connectivity index (χ0) is 18.5. The zero-order valence-corrected chi connectivity index (χ0v) is 16.4. The molecule has 0 radical (unpaired) electrons. The van der Waals surface area contributed by atoms with Crippen molar-refractivity contribution in [1.29, 1.82) is 0 Å². The molecule has 0 bridgehead atoms. The number of carbonyl (C=O) groups excluding carboxylic acids is 2. The summed E-state index contributed by atoms with van der Waals surface area (Å²) < 4.78 is 5.47. The Hall–Kier alpha value is -1.30. The Morgan fingerprint density at radius 2 is 1.88 bits per heavy atom. The van der Waals surface area contributed by atoms with Gasteiger partial charge in [-0.25, -0.2) is 4.79 Å². The highest BCUT2D eigenvalue weighted by Crippen LogP contribution is 2.30. The number of piperidine rings is 1. The van der Waals surface area contributed by atoms with Gasteiger partial charge in [0, 0.05) is 38.1 Å². The van der Waals surface area contributed by atoms with Crippen LogP contribution in [0.5, 0.6) is 0 Å². The maximum Gasteiger partial charge on any atom is 0.410 e. The number of nitrogens with zero attached hydrogens (tertiary/aromatic N) is 1. The molecule has 1 atom stereocenters. The first kappa shape index (κ1) is 20.7. The molecular formula is C18H35N3O3. The summed E-state index contributed by atoms with van der Waals surface area (Å²) in [6.45, 7) is 16.5. The first-order valence-electron chi connectivity index (χ1n) is 8.91. The van der Waals surface area contributed by atoms with Crippen LogP contribution in [0.2, 0.25) is 0 Å². The third kappa shape index (κ3) is 6.67. The van der Waals surface area contributed by atoms with Gasteiger partial charge in [-0.05, 0) is 32.6 Å². The number of rotatable bonds is 5. The molecule has 0 saturated carbocycles. The van der Waals surface area contributed by atoms with E-state index in [9.17, 15) is 9.59 Å². The molecule has 0 spiro atoms. The second-order valence-corrected chi connectivity index (χ2v) is 8.63. The molecule has 1 rings (SSSR count). The third-order valence-electron chi connectivity index (χ3n) is 4.22. The van der Waals surface area contributed by atoms with Crippen LogP contribution in [-0.4, -0.2) is 54.7 Å². The highest BCUT2D eigenvalue weighted by molar-refractivity contribution is 5.77. The van der Waals surface area contributed by atoms with Crippen LogP contribution in [0, 0.1) is 11.3 Å². The second-order valence-electron chi connectivity index (χ2n) is 8.63. The number of ether oxygens (including phenoxy) is 1. The van der Waals surface area contributed by atoms with E-state index in [2.05, 4.69) is 24.5 Å². The van der Waals surface area contributed by atoms with Crippen LogP contribution in [0.15, 0.2) is 0 Å². The van der Waals surface area contributed by atoms with Gasteiger partial charge in [-0.2, -0.15) is 0 Å². The number of carbonyl (C=O) groups is 2. The highest BCUT2D eigenvalue weighted by Gasteiger charge is 2.38. The fourth-order valence-electron chi connectivity index (χ4n) is 2.85. The second kappa shape index (κ2) is 8.19. The van der Waals surface area contributed by atoms with Crippen LogP contribution >= 0.6 is 0 Å². The zero-order valence-electron chi connectivity index (χ0n) is 16.4. The fraction of sp³-hybridized carbons (Fsp3) is 0.889. The number of nitrogens with one attached hydrogen (secondary N) is 2. The molecule has 2 amide bonds. The first-order valence-corrected chi connectivity index (χ1v) is 8.91. The van der Waals surface area contributed by atoms with Crippen molar-refractivity contribution in [1.82, 2.24) is 15.5 Å². The minimum absolute atomic E-state index is 0.0125. The van der Waals surface area contributed by atoms with E-state index >= 15 is 0 Å². The lowest BCUT2D eigenvalue weighted by Gasteiger charge is -2.44. The number of hydrogen-bond donors (Lipinski definition) is 2. The Balaban J connectivity index is 2.43. The van der Waals surface area contributed by atoms with Gasteiger partial charge in [0.05, 0.1) is 0 Å². The van der Waals surface area contributed by atoms with E-state index in [0.29, 0.717) is 25.7 Å². The van der Waals surface area contributed by atoms with Crippen LogP contribution in [0.25, 0.3) is 0 Å². The van der Waals surface area contributed by atoms with Crippen LogP contribution in [0.4, 0.5) is 4.79 Å². The van der Waals surface area contributed by atoms with E-state index < -0.39 is 5.60 Å². The molecule has 0 aromatic carbocycles. The van der Waals surface area contributed by atoms with Gasteiger partial charge in [0.1, 0.15) is 5.60 Å². The number of likely N-dealkylation sites (tertiary alicyclic amines) is 1. The topological polar surface area (TPSA) is 70.7 Å². The quantitative estimate of drug-likeness (QED) is 0.753. The van der Waals surface area contributed by atoms with Crippen molar-refractivity contribution in [3.8, 4) is 0 Å². The Bertz CT molecular complexity index is 441. The average molecular weight is 341 g/mol. The summed E-state index contributed by atoms with van der Waals surface area (Å²) in [4.78, 5) is 25.6. The molecule has 24 heavy (non-hydrogen) atoms. The van der Waals surface area contributed by atoms with Gasteiger partial charge >= 0.3 is 6.09 Å². The largest absolute Gasteiger partial charge is 0.444 e. The lowest BCUT2D eigenvalue weighted by molar-refractivity contribution is -0.123. The Morgan fingerprint density at radius 1 is 1.25 bits per heavy atom. The van der Waals surface area contributed by atoms with E-state index in [4.69, 9.17) is 4.74 Å². The molecule has 140 valence electrons. The van der Waals surface area contributed by atoms with Gasteiger partial charge in [-0.3, -0.25) is 4.79 Å². The summed E-state index contributed by atoms with van der Waals surface area (Å²) in [6.07, 6.45) is 0.642. The highest BCUT2D eigenvalue weighted by atomic mass is 16.6. The predicted molar refractivity (Wildman–Crippen MR) is 95.8 cm³/mol. The average Bonchev–Trinajstić information content (AvgIpc) is 2.41. The fourth-order valence-corrected chi connectivity index (χ4v) is 2.85. The molecule has 1 unspecified atom stereocenters. The Kier molecular flexibility index (Phi) is 7.08.